The molecule has 0 unspecified atom stereocenters. The molecule has 5 aromatic rings. The summed E-state index contributed by atoms with van der Waals surface area (Å²) in [6.45, 7) is 20.9. The van der Waals surface area contributed by atoms with Crippen molar-refractivity contribution in [2.24, 2.45) is 0 Å². The van der Waals surface area contributed by atoms with Gasteiger partial charge in [-0.3, -0.25) is 0 Å². The Hall–Kier alpha value is -6.71. The Kier molecular flexibility index (Phi) is 16.5. The quantitative estimate of drug-likeness (QED) is 0.0113. The first-order valence-corrected chi connectivity index (χ1v) is 25.6. The molecule has 7 rings (SSSR count). The van der Waals surface area contributed by atoms with Crippen molar-refractivity contribution in [2.45, 2.75) is 130 Å². The summed E-state index contributed by atoms with van der Waals surface area (Å²) in [5.41, 5.74) is 38.1. The molecule has 0 saturated heterocycles. The fraction of sp³-hybridized carbons (Fsp3) is 0.407. The summed E-state index contributed by atoms with van der Waals surface area (Å²) >= 11 is 0. The Morgan fingerprint density at radius 3 is 1.46 bits per heavy atom. The summed E-state index contributed by atoms with van der Waals surface area (Å²) in [4.78, 5) is 6.39. The van der Waals surface area contributed by atoms with Crippen LogP contribution in [0.1, 0.15) is 158 Å². The highest BCUT2D eigenvalue weighted by molar-refractivity contribution is 6.29. The summed E-state index contributed by atoms with van der Waals surface area (Å²) < 4.78 is 2.52. The average Bonchev–Trinajstić information content (AvgIpc) is 3.33. The van der Waals surface area contributed by atoms with Crippen LogP contribution in [0.15, 0.2) is 95.4 Å². The monoisotopic (exact) mass is 910 g/mol. The zero-order chi connectivity index (χ0) is 48.3. The molecular formula is C59H73N8O+. The fourth-order valence-corrected chi connectivity index (χ4v) is 10.8. The van der Waals surface area contributed by atoms with Gasteiger partial charge in [0.05, 0.1) is 29.5 Å². The summed E-state index contributed by atoms with van der Waals surface area (Å²) in [5, 5.41) is 27.4. The number of nitrogen functional groups attached to an aromatic ring is 4. The van der Waals surface area contributed by atoms with E-state index in [1.54, 1.807) is 0 Å². The highest BCUT2D eigenvalue weighted by Crippen LogP contribution is 2.58. The van der Waals surface area contributed by atoms with E-state index in [-0.39, 0.29) is 11.5 Å². The lowest BCUT2D eigenvalue weighted by Crippen LogP contribution is -2.31. The van der Waals surface area contributed by atoms with Crippen LogP contribution in [0, 0.1) is 17.9 Å². The van der Waals surface area contributed by atoms with Gasteiger partial charge in [-0.05, 0) is 62.1 Å². The third kappa shape index (κ3) is 9.54. The number of aliphatic hydroxyl groups is 1. The highest BCUT2D eigenvalue weighted by atomic mass is 16.3. The van der Waals surface area contributed by atoms with Crippen molar-refractivity contribution < 1.29 is 9.68 Å². The van der Waals surface area contributed by atoms with Crippen LogP contribution in [-0.2, 0) is 0 Å². The first kappa shape index (κ1) is 49.2. The first-order chi connectivity index (χ1) is 33.2. The fourth-order valence-electron chi connectivity index (χ4n) is 10.8. The number of anilines is 5. The molecule has 0 radical (unpaired) electrons. The van der Waals surface area contributed by atoms with Gasteiger partial charge in [-0.15, -0.1) is 0 Å². The number of aliphatic hydroxyl groups excluding tert-OH is 1. The van der Waals surface area contributed by atoms with Crippen molar-refractivity contribution in [1.82, 2.24) is 0 Å². The van der Waals surface area contributed by atoms with Gasteiger partial charge in [-0.25, -0.2) is 14.7 Å². The minimum atomic E-state index is -0.154. The van der Waals surface area contributed by atoms with E-state index in [2.05, 4.69) is 72.4 Å². The van der Waals surface area contributed by atoms with Crippen molar-refractivity contribution >= 4 is 66.8 Å². The molecule has 0 amide bonds. The molecule has 2 aliphatic rings. The van der Waals surface area contributed by atoms with Gasteiger partial charge in [0.15, 0.2) is 0 Å². The van der Waals surface area contributed by atoms with Crippen molar-refractivity contribution in [3.05, 3.63) is 135 Å². The zero-order valence-corrected chi connectivity index (χ0v) is 41.1. The van der Waals surface area contributed by atoms with Crippen LogP contribution in [0.3, 0.4) is 0 Å². The Bertz CT molecular complexity index is 2720. The Labute approximate surface area is 405 Å². The maximum absolute atomic E-state index is 13.1. The van der Waals surface area contributed by atoms with Crippen LogP contribution >= 0.6 is 0 Å². The summed E-state index contributed by atoms with van der Waals surface area (Å²) in [6.07, 6.45) is 18.0. The Morgan fingerprint density at radius 2 is 1.01 bits per heavy atom. The van der Waals surface area contributed by atoms with Crippen LogP contribution in [0.5, 0.6) is 0 Å². The van der Waals surface area contributed by atoms with Crippen LogP contribution in [0.2, 0.25) is 0 Å². The van der Waals surface area contributed by atoms with E-state index in [0.717, 1.165) is 158 Å². The maximum atomic E-state index is 13.1. The molecule has 0 heterocycles. The average molecular weight is 910 g/mol. The predicted molar refractivity (Wildman–Crippen MR) is 289 cm³/mol. The number of nitrogens with zero attached hydrogens (tertiary/aromatic N) is 4. The third-order valence-corrected chi connectivity index (χ3v) is 14.1. The molecule has 0 fully saturated rings. The number of hydrogen-bond acceptors (Lipinski definition) is 7. The number of nitriles is 1. The third-order valence-electron chi connectivity index (χ3n) is 14.1. The summed E-state index contributed by atoms with van der Waals surface area (Å²) in [6, 6.07) is 26.2. The largest absolute Gasteiger partial charge is 0.507 e. The molecule has 68 heavy (non-hydrogen) atoms. The van der Waals surface area contributed by atoms with Crippen LogP contribution in [-0.4, -0.2) is 41.6 Å². The van der Waals surface area contributed by atoms with Gasteiger partial charge < -0.3 is 32.9 Å². The molecule has 0 saturated carbocycles. The van der Waals surface area contributed by atoms with Gasteiger partial charge in [0, 0.05) is 109 Å². The van der Waals surface area contributed by atoms with Gasteiger partial charge in [0.25, 0.3) is 5.70 Å². The van der Waals surface area contributed by atoms with Crippen molar-refractivity contribution in [3.8, 4) is 6.07 Å². The Balaban J connectivity index is 1.57. The van der Waals surface area contributed by atoms with Gasteiger partial charge in [0.1, 0.15) is 18.8 Å². The van der Waals surface area contributed by atoms with Crippen molar-refractivity contribution in [3.63, 3.8) is 0 Å². The minimum absolute atomic E-state index is 0.0629. The number of hydrogen-bond donors (Lipinski definition) is 5. The van der Waals surface area contributed by atoms with E-state index >= 15 is 0 Å². The molecule has 9 heteroatoms. The van der Waals surface area contributed by atoms with Crippen molar-refractivity contribution in [1.29, 1.82) is 5.26 Å². The van der Waals surface area contributed by atoms with Gasteiger partial charge in [-0.2, -0.15) is 0 Å². The molecule has 0 bridgehead atoms. The predicted octanol–water partition coefficient (Wildman–Crippen LogP) is 14.1. The molecular weight excluding hydrogens is 837 g/mol. The zero-order valence-electron chi connectivity index (χ0n) is 41.1. The number of allylic oxidation sites excluding steroid dienone is 3. The standard InChI is InChI=1S/C59H72N8O/c1-6-10-14-18-34-66(35-19-15-11-7-2)57-39-26-22-30-43(61)48(39)53(49-40(57)27-23-31-44(49)62)55-52(47(38-60)65-5)56(59(55)68)54-50-41(28-24-32-45(50)63)58(42-29-25-33-46(64)51(42)54)67(36-20-16-12-8-3)37-21-17-13-9-4/h22-33H,6-21,34-37,61-64H2,1-4H3/p+1. The van der Waals surface area contributed by atoms with E-state index in [1.807, 2.05) is 48.5 Å². The number of nitrogens with two attached hydrogens (primary N) is 4. The number of fused-ring (bicyclic) bond motifs is 4. The molecule has 0 spiro atoms. The van der Waals surface area contributed by atoms with E-state index in [9.17, 15) is 10.4 Å². The van der Waals surface area contributed by atoms with Gasteiger partial charge in [0.2, 0.25) is 5.71 Å². The first-order valence-electron chi connectivity index (χ1n) is 25.6. The van der Waals surface area contributed by atoms with Crippen LogP contribution in [0.4, 0.5) is 28.4 Å². The van der Waals surface area contributed by atoms with E-state index in [0.29, 0.717) is 50.6 Å². The molecule has 2 aliphatic carbocycles. The molecule has 0 atom stereocenters. The van der Waals surface area contributed by atoms with Gasteiger partial charge in [-0.1, -0.05) is 128 Å². The van der Waals surface area contributed by atoms with Crippen LogP contribution in [0.25, 0.3) is 37.5 Å². The van der Waals surface area contributed by atoms with E-state index in [4.69, 9.17) is 29.5 Å². The van der Waals surface area contributed by atoms with Gasteiger partial charge >= 0.3 is 0 Å². The molecule has 0 aromatic heterocycles. The molecule has 354 valence electrons. The van der Waals surface area contributed by atoms with E-state index < -0.39 is 0 Å². The molecule has 9 N–H and O–H groups in total. The second-order valence-corrected chi connectivity index (χ2v) is 18.8. The van der Waals surface area contributed by atoms with Crippen molar-refractivity contribution in [2.75, 3.05) is 54.0 Å². The number of unbranched alkanes of at least 4 members (excludes halogenated alkanes) is 12. The molecule has 9 nitrogen and oxygen atoms in total. The summed E-state index contributed by atoms with van der Waals surface area (Å²) in [7, 11) is 0. The molecule has 0 aliphatic heterocycles. The topological polar surface area (TPSA) is 159 Å². The lowest BCUT2D eigenvalue weighted by molar-refractivity contribution is -0.528. The van der Waals surface area contributed by atoms with Crippen LogP contribution < -0.4 is 27.8 Å². The smallest absolute Gasteiger partial charge is 0.270 e. The number of rotatable bonds is 22. The lowest BCUT2D eigenvalue weighted by Gasteiger charge is -2.36. The minimum Gasteiger partial charge on any atom is -0.507 e. The highest BCUT2D eigenvalue weighted by Gasteiger charge is 2.44. The SMILES string of the molecule is [C-]#[N+]C(C#N)=C1C(=C2c3c(N)cccc3C(=[N+](CCCCCC)CCCCCC)c3cccc(N)c32)C(O)=C1c1c2c(N)cccc2c(N(CCCCCC)CCCCCC)c2cccc(N)c12. The maximum Gasteiger partial charge on any atom is 0.270 e. The van der Waals surface area contributed by atoms with E-state index in [1.165, 1.54) is 25.7 Å². The second-order valence-electron chi connectivity index (χ2n) is 18.8. The normalized spacial score (nSPS) is 13.9. The second kappa shape index (κ2) is 22.9. The lowest BCUT2D eigenvalue weighted by atomic mass is 9.68. The Morgan fingerprint density at radius 1 is 0.574 bits per heavy atom. The number of benzene rings is 5. The molecule has 5 aromatic carbocycles. The summed E-state index contributed by atoms with van der Waals surface area (Å²) in [5.74, 6) is -0.0629.